The van der Waals surface area contributed by atoms with Gasteiger partial charge in [-0.2, -0.15) is 5.10 Å². The van der Waals surface area contributed by atoms with Gasteiger partial charge in [0.1, 0.15) is 24.1 Å². The highest BCUT2D eigenvalue weighted by molar-refractivity contribution is 6.43. The number of nitrogens with zero attached hydrogens (tertiary/aromatic N) is 3. The molecule has 5 rings (SSSR count). The monoisotopic (exact) mass is 472 g/mol. The maximum Gasteiger partial charge on any atom is 0.268 e. The number of carbonyl (C=O) groups is 2. The molecule has 9 heteroatoms. The molecule has 0 saturated carbocycles. The summed E-state index contributed by atoms with van der Waals surface area (Å²) in [6, 6.07) is 14.2. The normalized spacial score (nSPS) is 20.2. The van der Waals surface area contributed by atoms with Crippen LogP contribution in [0.5, 0.6) is 5.75 Å². The number of nitrogens with one attached hydrogen (secondary N) is 1. The topological polar surface area (TPSA) is 113 Å². The fourth-order valence-corrected chi connectivity index (χ4v) is 3.93. The molecule has 0 unspecified atom stereocenters. The van der Waals surface area contributed by atoms with Crippen LogP contribution in [0.1, 0.15) is 17.5 Å². The van der Waals surface area contributed by atoms with Crippen LogP contribution in [0.25, 0.3) is 0 Å². The molecule has 1 atom stereocenters. The second-order valence-corrected chi connectivity index (χ2v) is 8.74. The quantitative estimate of drug-likeness (QED) is 0.647. The molecule has 0 spiro atoms. The molecule has 3 heterocycles. The zero-order valence-electron chi connectivity index (χ0n) is 19.2. The van der Waals surface area contributed by atoms with Crippen LogP contribution in [0.4, 0.5) is 5.69 Å². The summed E-state index contributed by atoms with van der Waals surface area (Å²) in [4.78, 5) is 27.4. The van der Waals surface area contributed by atoms with Crippen molar-refractivity contribution in [2.24, 2.45) is 10.2 Å². The molecule has 2 aromatic carbocycles. The van der Waals surface area contributed by atoms with Gasteiger partial charge >= 0.3 is 0 Å². The van der Waals surface area contributed by atoms with E-state index in [9.17, 15) is 14.7 Å². The van der Waals surface area contributed by atoms with E-state index in [0.717, 1.165) is 11.3 Å². The molecule has 1 saturated heterocycles. The number of anilines is 1. The van der Waals surface area contributed by atoms with Crippen molar-refractivity contribution in [3.8, 4) is 17.6 Å². The van der Waals surface area contributed by atoms with Crippen molar-refractivity contribution in [1.29, 1.82) is 0 Å². The molecular weight excluding hydrogens is 448 g/mol. The van der Waals surface area contributed by atoms with E-state index in [1.165, 1.54) is 4.90 Å². The van der Waals surface area contributed by atoms with E-state index in [2.05, 4.69) is 27.4 Å². The van der Waals surface area contributed by atoms with E-state index in [4.69, 9.17) is 9.47 Å². The van der Waals surface area contributed by atoms with Crippen LogP contribution in [0.3, 0.4) is 0 Å². The molecule has 178 valence electrons. The fraction of sp³-hybridized carbons (Fsp3) is 0.308. The van der Waals surface area contributed by atoms with Crippen LogP contribution >= 0.6 is 0 Å². The number of carbonyl (C=O) groups excluding carboxylic acids is 2. The van der Waals surface area contributed by atoms with E-state index in [1.807, 2.05) is 30.3 Å². The Labute approximate surface area is 202 Å². The van der Waals surface area contributed by atoms with Crippen molar-refractivity contribution in [3.63, 3.8) is 0 Å². The van der Waals surface area contributed by atoms with Gasteiger partial charge in [-0.25, -0.2) is 0 Å². The average Bonchev–Trinajstić information content (AvgIpc) is 3.28. The van der Waals surface area contributed by atoms with Crippen molar-refractivity contribution in [2.75, 3.05) is 31.8 Å². The highest BCUT2D eigenvalue weighted by atomic mass is 16.5. The number of hydrogen-bond donors (Lipinski definition) is 2. The number of ether oxygens (including phenoxy) is 2. The Morgan fingerprint density at radius 2 is 2.03 bits per heavy atom. The first-order chi connectivity index (χ1) is 16.9. The minimum Gasteiger partial charge on any atom is -0.489 e. The Morgan fingerprint density at radius 1 is 1.23 bits per heavy atom. The molecule has 0 radical (unpaired) electrons. The maximum absolute atomic E-state index is 13.1. The number of likely N-dealkylation sites (N-methyl/N-ethyl adjacent to an activating group) is 1. The van der Waals surface area contributed by atoms with Gasteiger partial charge in [0.25, 0.3) is 11.8 Å². The Balaban J connectivity index is 1.22. The van der Waals surface area contributed by atoms with E-state index in [0.29, 0.717) is 29.8 Å². The standard InChI is InChI=1S/C26H24N4O5/c1-30-22-12-18(9-10-26(33)15-34-16-26)7-8-23(22)35-14-21(25(30)32)27-24(31)20-13-19(28-29-20)11-17-5-3-2-4-6-17/h2-8,12,21,33H,11,13-16H2,1H3,(H,27,31)/t21-/m0/s1. The summed E-state index contributed by atoms with van der Waals surface area (Å²) in [5.74, 6) is 5.46. The van der Waals surface area contributed by atoms with Crippen molar-refractivity contribution in [2.45, 2.75) is 24.5 Å². The van der Waals surface area contributed by atoms with Gasteiger partial charge in [-0.3, -0.25) is 9.59 Å². The number of fused-ring (bicyclic) bond motifs is 1. The summed E-state index contributed by atoms with van der Waals surface area (Å²) >= 11 is 0. The van der Waals surface area contributed by atoms with Gasteiger partial charge in [-0.1, -0.05) is 42.2 Å². The summed E-state index contributed by atoms with van der Waals surface area (Å²) < 4.78 is 10.8. The van der Waals surface area contributed by atoms with Crippen LogP contribution in [0, 0.1) is 11.8 Å². The molecular formula is C26H24N4O5. The summed E-state index contributed by atoms with van der Waals surface area (Å²) in [6.45, 7) is 0.338. The molecule has 3 aliphatic heterocycles. The highest BCUT2D eigenvalue weighted by Crippen LogP contribution is 2.31. The first-order valence-electron chi connectivity index (χ1n) is 11.2. The third kappa shape index (κ3) is 4.94. The second kappa shape index (κ2) is 9.33. The maximum atomic E-state index is 13.1. The van der Waals surface area contributed by atoms with Gasteiger partial charge in [0.2, 0.25) is 0 Å². The summed E-state index contributed by atoms with van der Waals surface area (Å²) in [5, 5.41) is 21.0. The number of amides is 2. The Kier molecular flexibility index (Phi) is 6.07. The van der Waals surface area contributed by atoms with Gasteiger partial charge in [-0.05, 0) is 23.8 Å². The van der Waals surface area contributed by atoms with Gasteiger partial charge in [0, 0.05) is 25.5 Å². The van der Waals surface area contributed by atoms with E-state index in [1.54, 1.807) is 25.2 Å². The molecule has 3 aliphatic rings. The third-order valence-electron chi connectivity index (χ3n) is 5.98. The molecule has 0 aromatic heterocycles. The molecule has 2 aromatic rings. The lowest BCUT2D eigenvalue weighted by atomic mass is 10.0. The fourth-order valence-electron chi connectivity index (χ4n) is 3.93. The van der Waals surface area contributed by atoms with Crippen LogP contribution in [0.15, 0.2) is 58.7 Å². The lowest BCUT2D eigenvalue weighted by Crippen LogP contribution is -2.51. The average molecular weight is 473 g/mol. The van der Waals surface area contributed by atoms with E-state index < -0.39 is 17.6 Å². The lowest BCUT2D eigenvalue weighted by molar-refractivity contribution is -0.140. The Bertz CT molecular complexity index is 1290. The van der Waals surface area contributed by atoms with E-state index in [-0.39, 0.29) is 31.4 Å². The van der Waals surface area contributed by atoms with Gasteiger partial charge < -0.3 is 24.8 Å². The van der Waals surface area contributed by atoms with Crippen LogP contribution in [0.2, 0.25) is 0 Å². The molecule has 0 bridgehead atoms. The van der Waals surface area contributed by atoms with Crippen LogP contribution in [-0.2, 0) is 20.7 Å². The molecule has 9 nitrogen and oxygen atoms in total. The highest BCUT2D eigenvalue weighted by Gasteiger charge is 2.34. The van der Waals surface area contributed by atoms with Gasteiger partial charge in [0.15, 0.2) is 5.60 Å². The predicted molar refractivity (Wildman–Crippen MR) is 130 cm³/mol. The third-order valence-corrected chi connectivity index (χ3v) is 5.98. The molecule has 35 heavy (non-hydrogen) atoms. The number of benzene rings is 2. The Morgan fingerprint density at radius 3 is 2.77 bits per heavy atom. The first kappa shape index (κ1) is 22.8. The van der Waals surface area contributed by atoms with Crippen molar-refractivity contribution < 1.29 is 24.2 Å². The van der Waals surface area contributed by atoms with Crippen molar-refractivity contribution in [3.05, 3.63) is 59.7 Å². The number of aliphatic hydroxyl groups is 1. The molecule has 0 aliphatic carbocycles. The Hall–Kier alpha value is -4.00. The van der Waals surface area contributed by atoms with Crippen LogP contribution in [-0.4, -0.2) is 66.9 Å². The summed E-state index contributed by atoms with van der Waals surface area (Å²) in [6.07, 6.45) is 0.943. The number of rotatable bonds is 4. The van der Waals surface area contributed by atoms with E-state index >= 15 is 0 Å². The minimum absolute atomic E-state index is 0.0188. The zero-order chi connectivity index (χ0) is 24.4. The zero-order valence-corrected chi connectivity index (χ0v) is 19.2. The van der Waals surface area contributed by atoms with Crippen LogP contribution < -0.4 is 15.0 Å². The minimum atomic E-state index is -1.13. The lowest BCUT2D eigenvalue weighted by Gasteiger charge is -2.30. The molecule has 2 amide bonds. The van der Waals surface area contributed by atoms with Gasteiger partial charge in [-0.15, -0.1) is 5.10 Å². The molecule has 1 fully saturated rings. The summed E-state index contributed by atoms with van der Waals surface area (Å²) in [7, 11) is 1.62. The van der Waals surface area contributed by atoms with Gasteiger partial charge in [0.05, 0.1) is 24.6 Å². The predicted octanol–water partition coefficient (Wildman–Crippen LogP) is 1.08. The summed E-state index contributed by atoms with van der Waals surface area (Å²) in [5.41, 5.74) is 2.17. The smallest absolute Gasteiger partial charge is 0.268 e. The van der Waals surface area contributed by atoms with Crippen molar-refractivity contribution >= 4 is 28.9 Å². The first-order valence-corrected chi connectivity index (χ1v) is 11.2. The SMILES string of the molecule is CN1C(=O)[C@@H](NC(=O)C2=NN=C(Cc3ccccc3)C2)COc2ccc(C#CC3(O)COC3)cc21. The van der Waals surface area contributed by atoms with Crippen molar-refractivity contribution in [1.82, 2.24) is 5.32 Å². The largest absolute Gasteiger partial charge is 0.489 e. The number of hydrogen-bond acceptors (Lipinski definition) is 7. The second-order valence-electron chi connectivity index (χ2n) is 8.74. The molecule has 2 N–H and O–H groups in total.